The predicted molar refractivity (Wildman–Crippen MR) is 93.2 cm³/mol. The molecule has 0 fully saturated rings. The van der Waals surface area contributed by atoms with Gasteiger partial charge in [-0.25, -0.2) is 4.79 Å². The maximum atomic E-state index is 13.0. The lowest BCUT2D eigenvalue weighted by Crippen LogP contribution is -2.45. The van der Waals surface area contributed by atoms with Gasteiger partial charge in [0.25, 0.3) is 5.91 Å². The topological polar surface area (TPSA) is 75.0 Å². The molecule has 3 amide bonds. The van der Waals surface area contributed by atoms with E-state index >= 15 is 0 Å². The van der Waals surface area contributed by atoms with Gasteiger partial charge in [-0.05, 0) is 29.8 Å². The fourth-order valence-electron chi connectivity index (χ4n) is 3.39. The van der Waals surface area contributed by atoms with Crippen LogP contribution in [0.25, 0.3) is 0 Å². The molecule has 1 aromatic heterocycles. The minimum Gasteiger partial charge on any atom is -0.497 e. The standard InChI is InChI=1S/C19H19N3O4/c1-21-15-11-22(10-14-4-3-9-26-14)18(23)16(15)17(20-19(21)24)12-5-7-13(25-2)8-6-12/h3-9,17H,10-11H2,1-2H3,(H,20,24)/t17-/m1/s1. The Hall–Kier alpha value is -3.22. The van der Waals surface area contributed by atoms with Crippen LogP contribution in [0.3, 0.4) is 0 Å². The zero-order valence-corrected chi connectivity index (χ0v) is 14.6. The smallest absolute Gasteiger partial charge is 0.322 e. The van der Waals surface area contributed by atoms with Gasteiger partial charge in [-0.15, -0.1) is 0 Å². The van der Waals surface area contributed by atoms with Gasteiger partial charge in [-0.1, -0.05) is 12.1 Å². The molecule has 0 saturated heterocycles. The van der Waals surface area contributed by atoms with Gasteiger partial charge < -0.3 is 19.4 Å². The largest absolute Gasteiger partial charge is 0.497 e. The van der Waals surface area contributed by atoms with Crippen LogP contribution in [0.1, 0.15) is 17.4 Å². The number of furan rings is 1. The summed E-state index contributed by atoms with van der Waals surface area (Å²) in [5.74, 6) is 1.34. The van der Waals surface area contributed by atoms with Crippen molar-refractivity contribution >= 4 is 11.9 Å². The monoisotopic (exact) mass is 353 g/mol. The van der Waals surface area contributed by atoms with Crippen molar-refractivity contribution in [2.75, 3.05) is 20.7 Å². The number of urea groups is 1. The van der Waals surface area contributed by atoms with Gasteiger partial charge in [0.05, 0.1) is 43.8 Å². The van der Waals surface area contributed by atoms with Crippen LogP contribution in [0.5, 0.6) is 5.75 Å². The van der Waals surface area contributed by atoms with Gasteiger partial charge in [-0.2, -0.15) is 0 Å². The van der Waals surface area contributed by atoms with E-state index in [1.54, 1.807) is 31.4 Å². The van der Waals surface area contributed by atoms with Crippen molar-refractivity contribution < 1.29 is 18.7 Å². The van der Waals surface area contributed by atoms with Crippen LogP contribution in [-0.4, -0.2) is 42.4 Å². The summed E-state index contributed by atoms with van der Waals surface area (Å²) in [6.07, 6.45) is 1.58. The molecule has 0 unspecified atom stereocenters. The van der Waals surface area contributed by atoms with E-state index in [1.807, 2.05) is 30.3 Å². The number of amides is 3. The second-order valence-electron chi connectivity index (χ2n) is 6.32. The molecule has 2 aliphatic heterocycles. The maximum Gasteiger partial charge on any atom is 0.322 e. The van der Waals surface area contributed by atoms with E-state index in [0.29, 0.717) is 24.4 Å². The van der Waals surface area contributed by atoms with Crippen molar-refractivity contribution in [3.8, 4) is 5.75 Å². The van der Waals surface area contributed by atoms with Gasteiger partial charge >= 0.3 is 6.03 Å². The summed E-state index contributed by atoms with van der Waals surface area (Å²) < 4.78 is 10.5. The molecule has 3 heterocycles. The Kier molecular flexibility index (Phi) is 3.91. The average Bonchev–Trinajstić information content (AvgIpc) is 3.28. The van der Waals surface area contributed by atoms with E-state index in [-0.39, 0.29) is 11.9 Å². The first-order valence-corrected chi connectivity index (χ1v) is 8.31. The van der Waals surface area contributed by atoms with Gasteiger partial charge in [-0.3, -0.25) is 9.69 Å². The van der Waals surface area contributed by atoms with Gasteiger partial charge in [0.15, 0.2) is 0 Å². The lowest BCUT2D eigenvalue weighted by atomic mass is 9.95. The molecule has 4 rings (SSSR count). The maximum absolute atomic E-state index is 13.0. The molecule has 1 N–H and O–H groups in total. The van der Waals surface area contributed by atoms with E-state index in [2.05, 4.69) is 5.32 Å². The van der Waals surface area contributed by atoms with Crippen LogP contribution in [-0.2, 0) is 11.3 Å². The number of ether oxygens (including phenoxy) is 1. The summed E-state index contributed by atoms with van der Waals surface area (Å²) >= 11 is 0. The molecule has 134 valence electrons. The third kappa shape index (κ3) is 2.61. The van der Waals surface area contributed by atoms with E-state index in [9.17, 15) is 9.59 Å². The minimum atomic E-state index is -0.478. The first-order chi connectivity index (χ1) is 12.6. The zero-order valence-electron chi connectivity index (χ0n) is 14.6. The molecule has 0 bridgehead atoms. The first-order valence-electron chi connectivity index (χ1n) is 8.31. The molecule has 1 aromatic carbocycles. The van der Waals surface area contributed by atoms with E-state index in [0.717, 1.165) is 17.0 Å². The Morgan fingerprint density at radius 3 is 2.65 bits per heavy atom. The van der Waals surface area contributed by atoms with Crippen LogP contribution in [0.15, 0.2) is 58.3 Å². The van der Waals surface area contributed by atoms with Crippen molar-refractivity contribution in [2.45, 2.75) is 12.6 Å². The van der Waals surface area contributed by atoms with Gasteiger partial charge in [0.2, 0.25) is 0 Å². The Bertz CT molecular complexity index is 871. The molecule has 0 aliphatic carbocycles. The van der Waals surface area contributed by atoms with Crippen LogP contribution in [0.2, 0.25) is 0 Å². The summed E-state index contributed by atoms with van der Waals surface area (Å²) in [6.45, 7) is 0.752. The average molecular weight is 353 g/mol. The van der Waals surface area contributed by atoms with Crippen molar-refractivity contribution in [2.24, 2.45) is 0 Å². The zero-order chi connectivity index (χ0) is 18.3. The lowest BCUT2D eigenvalue weighted by Gasteiger charge is -2.31. The number of nitrogens with zero attached hydrogens (tertiary/aromatic N) is 2. The number of hydrogen-bond acceptors (Lipinski definition) is 4. The molecule has 0 saturated carbocycles. The molecule has 26 heavy (non-hydrogen) atoms. The number of nitrogens with one attached hydrogen (secondary N) is 1. The fraction of sp³-hybridized carbons (Fsp3) is 0.263. The number of rotatable bonds is 4. The SMILES string of the molecule is COc1ccc([C@H]2NC(=O)N(C)C3=C2C(=O)N(Cc2ccco2)C3)cc1. The van der Waals surface area contributed by atoms with Crippen molar-refractivity contribution in [3.05, 3.63) is 65.3 Å². The molecular weight excluding hydrogens is 334 g/mol. The highest BCUT2D eigenvalue weighted by molar-refractivity contribution is 6.01. The minimum absolute atomic E-state index is 0.0935. The summed E-state index contributed by atoms with van der Waals surface area (Å²) in [6, 6.07) is 10.3. The van der Waals surface area contributed by atoms with E-state index in [1.165, 1.54) is 4.90 Å². The number of benzene rings is 1. The summed E-state index contributed by atoms with van der Waals surface area (Å²) in [7, 11) is 3.28. The fourth-order valence-corrected chi connectivity index (χ4v) is 3.39. The summed E-state index contributed by atoms with van der Waals surface area (Å²) in [5.41, 5.74) is 2.17. The van der Waals surface area contributed by atoms with Crippen molar-refractivity contribution in [3.63, 3.8) is 0 Å². The highest BCUT2D eigenvalue weighted by Gasteiger charge is 2.42. The number of carbonyl (C=O) groups excluding carboxylic acids is 2. The highest BCUT2D eigenvalue weighted by atomic mass is 16.5. The predicted octanol–water partition coefficient (Wildman–Crippen LogP) is 2.28. The third-order valence-electron chi connectivity index (χ3n) is 4.81. The van der Waals surface area contributed by atoms with Crippen molar-refractivity contribution in [1.29, 1.82) is 0 Å². The van der Waals surface area contributed by atoms with Crippen LogP contribution >= 0.6 is 0 Å². The van der Waals surface area contributed by atoms with Crippen LogP contribution < -0.4 is 10.1 Å². The van der Waals surface area contributed by atoms with Crippen LogP contribution in [0, 0.1) is 0 Å². The molecule has 2 aliphatic rings. The highest BCUT2D eigenvalue weighted by Crippen LogP contribution is 2.36. The Balaban J connectivity index is 1.67. The summed E-state index contributed by atoms with van der Waals surface area (Å²) in [4.78, 5) is 28.6. The quantitative estimate of drug-likeness (QED) is 0.915. The second-order valence-corrected chi connectivity index (χ2v) is 6.32. The number of likely N-dealkylation sites (N-methyl/N-ethyl adjacent to an activating group) is 1. The lowest BCUT2D eigenvalue weighted by molar-refractivity contribution is -0.126. The molecular formula is C19H19N3O4. The molecule has 2 aromatic rings. The Labute approximate surface area is 150 Å². The van der Waals surface area contributed by atoms with Gasteiger partial charge in [0.1, 0.15) is 11.5 Å². The molecule has 0 spiro atoms. The second kappa shape index (κ2) is 6.25. The number of hydrogen-bond donors (Lipinski definition) is 1. The summed E-state index contributed by atoms with van der Waals surface area (Å²) in [5, 5.41) is 2.92. The number of methoxy groups -OCH3 is 1. The molecule has 0 radical (unpaired) electrons. The normalized spacial score (nSPS) is 19.7. The number of carbonyl (C=O) groups is 2. The molecule has 7 nitrogen and oxygen atoms in total. The Morgan fingerprint density at radius 1 is 1.23 bits per heavy atom. The first kappa shape index (κ1) is 16.3. The van der Waals surface area contributed by atoms with Crippen molar-refractivity contribution in [1.82, 2.24) is 15.1 Å². The van der Waals surface area contributed by atoms with Gasteiger partial charge in [0, 0.05) is 7.05 Å². The third-order valence-corrected chi connectivity index (χ3v) is 4.81. The Morgan fingerprint density at radius 2 is 2.00 bits per heavy atom. The molecule has 1 atom stereocenters. The van der Waals surface area contributed by atoms with E-state index in [4.69, 9.17) is 9.15 Å². The van der Waals surface area contributed by atoms with E-state index < -0.39 is 6.04 Å². The van der Waals surface area contributed by atoms with Crippen LogP contribution in [0.4, 0.5) is 4.79 Å². The molecule has 7 heteroatoms.